The molecule has 0 aliphatic heterocycles. The molecule has 6 rings (SSSR count). The highest BCUT2D eigenvalue weighted by molar-refractivity contribution is 7.23. The number of aliphatic hydroxyl groups excluding tert-OH is 1. The first kappa shape index (κ1) is 30.6. The molecule has 6 aromatic rings. The summed E-state index contributed by atoms with van der Waals surface area (Å²) in [6, 6.07) is 12.1. The number of halogens is 1. The molecule has 0 unspecified atom stereocenters. The highest BCUT2D eigenvalue weighted by Gasteiger charge is 2.24. The van der Waals surface area contributed by atoms with Crippen LogP contribution in [-0.2, 0) is 11.3 Å². The van der Waals surface area contributed by atoms with E-state index in [4.69, 9.17) is 10.5 Å². The molecule has 1 amide bonds. The lowest BCUT2D eigenvalue weighted by Gasteiger charge is -2.12. The van der Waals surface area contributed by atoms with E-state index in [0.29, 0.717) is 40.0 Å². The minimum Gasteiger partial charge on any atom is -0.421 e. The molecule has 4 N–H and O–H groups in total. The number of amides is 1. The molecule has 0 saturated carbocycles. The van der Waals surface area contributed by atoms with E-state index in [1.54, 1.807) is 55.3 Å². The Kier molecular flexibility index (Phi) is 8.31. The summed E-state index contributed by atoms with van der Waals surface area (Å²) >= 11 is 1.50. The number of thiophene rings is 1. The number of rotatable bonds is 9. The number of benzene rings is 2. The van der Waals surface area contributed by atoms with E-state index in [1.807, 2.05) is 31.3 Å². The molecule has 2 aromatic carbocycles. The summed E-state index contributed by atoms with van der Waals surface area (Å²) in [6.45, 7) is 9.40. The van der Waals surface area contributed by atoms with Crippen LogP contribution >= 0.6 is 11.3 Å². The van der Waals surface area contributed by atoms with E-state index in [2.05, 4.69) is 31.9 Å². The Labute approximate surface area is 268 Å². The molecule has 10 nitrogen and oxygen atoms in total. The number of nitrogens with zero attached hydrogens (tertiary/aromatic N) is 5. The fourth-order valence-electron chi connectivity index (χ4n) is 5.07. The molecule has 232 valence electrons. The monoisotopic (exact) mass is 635 g/mol. The number of anilines is 2. The molecule has 46 heavy (non-hydrogen) atoms. The fraction of sp³-hybridized carbons (Fsp3) is 0.147. The van der Waals surface area contributed by atoms with Crippen LogP contribution < -0.4 is 15.8 Å². The number of fused-ring (bicyclic) bond motifs is 1. The number of hydrogen-bond acceptors (Lipinski definition) is 9. The first-order valence-corrected chi connectivity index (χ1v) is 15.1. The molecule has 0 aliphatic carbocycles. The summed E-state index contributed by atoms with van der Waals surface area (Å²) in [5.41, 5.74) is 12.9. The van der Waals surface area contributed by atoms with Crippen molar-refractivity contribution in [2.75, 3.05) is 17.7 Å². The Hall–Kier alpha value is -5.46. The maximum absolute atomic E-state index is 15.7. The summed E-state index contributed by atoms with van der Waals surface area (Å²) in [6.07, 6.45) is 6.80. The zero-order valence-electron chi connectivity index (χ0n) is 25.3. The van der Waals surface area contributed by atoms with Crippen molar-refractivity contribution in [2.24, 2.45) is 0 Å². The van der Waals surface area contributed by atoms with Gasteiger partial charge in [0.05, 0.1) is 19.3 Å². The molecular formula is C34H30FN7O3S. The van der Waals surface area contributed by atoms with Crippen molar-refractivity contribution in [3.63, 3.8) is 0 Å². The van der Waals surface area contributed by atoms with E-state index in [1.165, 1.54) is 17.4 Å². The minimum atomic E-state index is -0.601. The van der Waals surface area contributed by atoms with Gasteiger partial charge in [0.25, 0.3) is 5.91 Å². The summed E-state index contributed by atoms with van der Waals surface area (Å²) in [7, 11) is 0. The topological polar surface area (TPSA) is 141 Å². The van der Waals surface area contributed by atoms with Crippen molar-refractivity contribution in [2.45, 2.75) is 27.3 Å². The van der Waals surface area contributed by atoms with E-state index >= 15 is 4.39 Å². The van der Waals surface area contributed by atoms with Crippen molar-refractivity contribution < 1.29 is 19.0 Å². The van der Waals surface area contributed by atoms with Crippen LogP contribution in [0.4, 0.5) is 15.9 Å². The predicted octanol–water partition coefficient (Wildman–Crippen LogP) is 6.92. The van der Waals surface area contributed by atoms with E-state index in [-0.39, 0.29) is 30.1 Å². The second-order valence-corrected chi connectivity index (χ2v) is 11.8. The normalized spacial score (nSPS) is 11.2. The van der Waals surface area contributed by atoms with Gasteiger partial charge in [-0.05, 0) is 67.8 Å². The number of ether oxygens (including phenoxy) is 1. The smallest absolute Gasteiger partial charge is 0.322 e. The van der Waals surface area contributed by atoms with Gasteiger partial charge >= 0.3 is 6.01 Å². The van der Waals surface area contributed by atoms with Crippen molar-refractivity contribution in [1.82, 2.24) is 24.7 Å². The quantitative estimate of drug-likeness (QED) is 0.145. The first-order chi connectivity index (χ1) is 22.1. The van der Waals surface area contributed by atoms with Gasteiger partial charge in [0.1, 0.15) is 5.82 Å². The predicted molar refractivity (Wildman–Crippen MR) is 178 cm³/mol. The van der Waals surface area contributed by atoms with Crippen LogP contribution in [0.15, 0.2) is 79.4 Å². The number of nitrogens with one attached hydrogen (secondary N) is 1. The standard InChI is InChI=1S/C34H30FN7O3S/c1-18(2)33(44)41-23-6-7-24(19(3)13-23)30-28(21-5-8-27(26(35)14-21)45-34-37-10-9-20(4)40-34)29-31(46-30)25(16-38-32(29)36)22-15-39-42(17-22)11-12-43/h5-10,13-17,43H,1,11-12H2,2-4H3,(H2,36,38)(H,41,44). The van der Waals surface area contributed by atoms with Crippen LogP contribution in [0.2, 0.25) is 0 Å². The van der Waals surface area contributed by atoms with E-state index in [9.17, 15) is 9.90 Å². The van der Waals surface area contributed by atoms with E-state index in [0.717, 1.165) is 31.8 Å². The third-order valence-electron chi connectivity index (χ3n) is 7.33. The number of carbonyl (C=O) groups excluding carboxylic acids is 1. The molecule has 0 radical (unpaired) electrons. The molecule has 0 aliphatic rings. The number of nitrogens with two attached hydrogens (primary N) is 1. The van der Waals surface area contributed by atoms with Gasteiger partial charge in [-0.15, -0.1) is 11.3 Å². The molecule has 4 aromatic heterocycles. The zero-order chi connectivity index (χ0) is 32.5. The number of pyridine rings is 1. The van der Waals surface area contributed by atoms with Crippen molar-refractivity contribution in [3.05, 3.63) is 96.5 Å². The van der Waals surface area contributed by atoms with Gasteiger partial charge in [0.15, 0.2) is 11.6 Å². The second kappa shape index (κ2) is 12.5. The Morgan fingerprint density at radius 2 is 1.93 bits per heavy atom. The summed E-state index contributed by atoms with van der Waals surface area (Å²) in [4.78, 5) is 25.9. The van der Waals surface area contributed by atoms with Crippen LogP contribution in [0.3, 0.4) is 0 Å². The van der Waals surface area contributed by atoms with Gasteiger partial charge in [-0.2, -0.15) is 5.10 Å². The number of carbonyl (C=O) groups is 1. The number of aliphatic hydroxyl groups is 1. The van der Waals surface area contributed by atoms with Gasteiger partial charge < -0.3 is 20.9 Å². The Morgan fingerprint density at radius 1 is 1.11 bits per heavy atom. The van der Waals surface area contributed by atoms with Crippen LogP contribution in [0, 0.1) is 19.7 Å². The second-order valence-electron chi connectivity index (χ2n) is 10.8. The molecule has 0 fully saturated rings. The summed E-state index contributed by atoms with van der Waals surface area (Å²) in [5, 5.41) is 17.3. The Bertz CT molecular complexity index is 2140. The fourth-order valence-corrected chi connectivity index (χ4v) is 6.52. The lowest BCUT2D eigenvalue weighted by atomic mass is 9.95. The lowest BCUT2D eigenvalue weighted by molar-refractivity contribution is -0.112. The number of aryl methyl sites for hydroxylation is 2. The number of aromatic nitrogens is 5. The third-order valence-corrected chi connectivity index (χ3v) is 8.58. The molecular weight excluding hydrogens is 605 g/mol. The first-order valence-electron chi connectivity index (χ1n) is 14.3. The minimum absolute atomic E-state index is 0.0210. The average Bonchev–Trinajstić information content (AvgIpc) is 3.64. The molecule has 0 atom stereocenters. The van der Waals surface area contributed by atoms with Crippen LogP contribution in [0.25, 0.3) is 42.8 Å². The summed E-state index contributed by atoms with van der Waals surface area (Å²) < 4.78 is 23.9. The summed E-state index contributed by atoms with van der Waals surface area (Å²) in [5.74, 6) is -0.604. The van der Waals surface area contributed by atoms with Gasteiger partial charge in [0.2, 0.25) is 0 Å². The molecule has 0 saturated heterocycles. The average molecular weight is 636 g/mol. The molecule has 4 heterocycles. The third kappa shape index (κ3) is 5.95. The number of hydrogen-bond donors (Lipinski definition) is 3. The zero-order valence-corrected chi connectivity index (χ0v) is 26.2. The molecule has 12 heteroatoms. The lowest BCUT2D eigenvalue weighted by Crippen LogP contribution is -2.11. The van der Waals surface area contributed by atoms with Crippen molar-refractivity contribution in [3.8, 4) is 44.5 Å². The maximum atomic E-state index is 15.7. The highest BCUT2D eigenvalue weighted by Crippen LogP contribution is 2.50. The van der Waals surface area contributed by atoms with E-state index < -0.39 is 5.82 Å². The van der Waals surface area contributed by atoms with Gasteiger partial charge in [-0.3, -0.25) is 9.48 Å². The van der Waals surface area contributed by atoms with Crippen LogP contribution in [0.5, 0.6) is 11.8 Å². The molecule has 0 bridgehead atoms. The van der Waals surface area contributed by atoms with Crippen LogP contribution in [-0.4, -0.2) is 42.4 Å². The van der Waals surface area contributed by atoms with Crippen molar-refractivity contribution in [1.29, 1.82) is 0 Å². The SMILES string of the molecule is C=C(C)C(=O)Nc1ccc(-c2sc3c(-c4cnn(CCO)c4)cnc(N)c3c2-c2ccc(Oc3nccc(C)n3)c(F)c2)c(C)c1. The largest absolute Gasteiger partial charge is 0.421 e. The number of nitrogen functional groups attached to an aromatic ring is 1. The van der Waals surface area contributed by atoms with Crippen LogP contribution in [0.1, 0.15) is 18.2 Å². The van der Waals surface area contributed by atoms with Gasteiger partial charge in [-0.25, -0.2) is 19.3 Å². The Balaban J connectivity index is 1.53. The molecule has 0 spiro atoms. The highest BCUT2D eigenvalue weighted by atomic mass is 32.1. The Morgan fingerprint density at radius 3 is 2.65 bits per heavy atom. The van der Waals surface area contributed by atoms with Crippen molar-refractivity contribution >= 4 is 38.8 Å². The maximum Gasteiger partial charge on any atom is 0.322 e. The van der Waals surface area contributed by atoms with Gasteiger partial charge in [-0.1, -0.05) is 18.7 Å². The van der Waals surface area contributed by atoms with Gasteiger partial charge in [0, 0.05) is 67.2 Å².